The molecule has 0 amide bonds. The normalized spacial score (nSPS) is 10.0. The van der Waals surface area contributed by atoms with Gasteiger partial charge in [-0.05, 0) is 22.0 Å². The highest BCUT2D eigenvalue weighted by Crippen LogP contribution is 2.18. The standard InChI is InChI=1S/C5H6BrNOS/c6-4-1-5(2-7-8)9-3-4/h1,3,7-8H,2H2. The van der Waals surface area contributed by atoms with E-state index in [0.29, 0.717) is 6.54 Å². The third-order valence-electron chi connectivity index (χ3n) is 0.875. The quantitative estimate of drug-likeness (QED) is 0.728. The topological polar surface area (TPSA) is 32.3 Å². The molecule has 0 unspecified atom stereocenters. The number of nitrogens with one attached hydrogen (secondary N) is 1. The SMILES string of the molecule is ONCc1cc(Br)cs1. The van der Waals surface area contributed by atoms with Crippen molar-refractivity contribution in [2.75, 3.05) is 0 Å². The molecule has 1 rings (SSSR count). The maximum atomic E-state index is 8.27. The molecule has 0 atom stereocenters. The molecule has 0 aromatic carbocycles. The Morgan fingerprint density at radius 2 is 2.56 bits per heavy atom. The van der Waals surface area contributed by atoms with Gasteiger partial charge >= 0.3 is 0 Å². The first-order valence-electron chi connectivity index (χ1n) is 2.43. The molecule has 0 saturated heterocycles. The van der Waals surface area contributed by atoms with Crippen LogP contribution in [0.5, 0.6) is 0 Å². The number of halogens is 1. The summed E-state index contributed by atoms with van der Waals surface area (Å²) >= 11 is 4.91. The Kier molecular flexibility index (Phi) is 2.65. The van der Waals surface area contributed by atoms with Crippen LogP contribution in [0.3, 0.4) is 0 Å². The molecule has 4 heteroatoms. The largest absolute Gasteiger partial charge is 0.316 e. The molecule has 0 aliphatic rings. The number of hydroxylamine groups is 1. The van der Waals surface area contributed by atoms with E-state index in [4.69, 9.17) is 5.21 Å². The molecule has 1 aromatic rings. The van der Waals surface area contributed by atoms with Crippen molar-refractivity contribution in [2.45, 2.75) is 6.54 Å². The van der Waals surface area contributed by atoms with Crippen LogP contribution in [0.1, 0.15) is 4.88 Å². The predicted octanol–water partition coefficient (Wildman–Crippen LogP) is 1.99. The van der Waals surface area contributed by atoms with E-state index in [0.717, 1.165) is 9.35 Å². The van der Waals surface area contributed by atoms with E-state index in [-0.39, 0.29) is 0 Å². The molecular weight excluding hydrogens is 202 g/mol. The average Bonchev–Trinajstić information content (AvgIpc) is 2.17. The lowest BCUT2D eigenvalue weighted by atomic mass is 10.5. The zero-order valence-electron chi connectivity index (χ0n) is 4.60. The lowest BCUT2D eigenvalue weighted by Crippen LogP contribution is -2.03. The molecular formula is C5H6BrNOS. The van der Waals surface area contributed by atoms with E-state index in [1.807, 2.05) is 11.4 Å². The molecule has 0 saturated carbocycles. The van der Waals surface area contributed by atoms with Gasteiger partial charge in [0.2, 0.25) is 0 Å². The van der Waals surface area contributed by atoms with Crippen molar-refractivity contribution in [1.29, 1.82) is 0 Å². The minimum Gasteiger partial charge on any atom is -0.316 e. The van der Waals surface area contributed by atoms with Crippen LogP contribution in [-0.4, -0.2) is 5.21 Å². The first-order chi connectivity index (χ1) is 4.33. The Hall–Kier alpha value is 0.1000. The van der Waals surface area contributed by atoms with Crippen LogP contribution in [0.4, 0.5) is 0 Å². The molecule has 0 aliphatic heterocycles. The molecule has 2 nitrogen and oxygen atoms in total. The van der Waals surface area contributed by atoms with Crippen molar-refractivity contribution in [3.05, 3.63) is 20.8 Å². The van der Waals surface area contributed by atoms with Gasteiger partial charge in [-0.1, -0.05) is 0 Å². The smallest absolute Gasteiger partial charge is 0.0552 e. The fraction of sp³-hybridized carbons (Fsp3) is 0.200. The molecule has 50 valence electrons. The summed E-state index contributed by atoms with van der Waals surface area (Å²) in [7, 11) is 0. The van der Waals surface area contributed by atoms with Crippen molar-refractivity contribution >= 4 is 27.3 Å². The zero-order chi connectivity index (χ0) is 6.69. The van der Waals surface area contributed by atoms with Crippen LogP contribution in [0.2, 0.25) is 0 Å². The van der Waals surface area contributed by atoms with Gasteiger partial charge < -0.3 is 5.21 Å². The van der Waals surface area contributed by atoms with Gasteiger partial charge in [-0.2, -0.15) is 0 Å². The maximum absolute atomic E-state index is 8.27. The van der Waals surface area contributed by atoms with Gasteiger partial charge in [0.05, 0.1) is 6.54 Å². The number of rotatable bonds is 2. The van der Waals surface area contributed by atoms with Gasteiger partial charge in [0.25, 0.3) is 0 Å². The summed E-state index contributed by atoms with van der Waals surface area (Å²) in [6, 6.07) is 1.97. The molecule has 0 aliphatic carbocycles. The summed E-state index contributed by atoms with van der Waals surface area (Å²) in [5.41, 5.74) is 2.09. The summed E-state index contributed by atoms with van der Waals surface area (Å²) in [5.74, 6) is 0. The molecule has 0 fully saturated rings. The molecule has 1 aromatic heterocycles. The van der Waals surface area contributed by atoms with Crippen LogP contribution in [0.15, 0.2) is 15.9 Å². The molecule has 0 spiro atoms. The Bertz CT molecular complexity index is 189. The number of hydrogen-bond donors (Lipinski definition) is 2. The van der Waals surface area contributed by atoms with Gasteiger partial charge in [-0.15, -0.1) is 11.3 Å². The van der Waals surface area contributed by atoms with E-state index in [1.165, 1.54) is 0 Å². The van der Waals surface area contributed by atoms with Crippen molar-refractivity contribution < 1.29 is 5.21 Å². The second kappa shape index (κ2) is 3.31. The van der Waals surface area contributed by atoms with Crippen molar-refractivity contribution in [3.8, 4) is 0 Å². The van der Waals surface area contributed by atoms with Gasteiger partial charge in [-0.25, -0.2) is 5.48 Å². The highest BCUT2D eigenvalue weighted by Gasteiger charge is 1.93. The number of thiophene rings is 1. The third kappa shape index (κ3) is 2.06. The van der Waals surface area contributed by atoms with E-state index >= 15 is 0 Å². The molecule has 1 heterocycles. The maximum Gasteiger partial charge on any atom is 0.0552 e. The van der Waals surface area contributed by atoms with E-state index in [1.54, 1.807) is 11.3 Å². The summed E-state index contributed by atoms with van der Waals surface area (Å²) < 4.78 is 1.07. The number of hydrogen-bond acceptors (Lipinski definition) is 3. The third-order valence-corrected chi connectivity index (χ3v) is 2.57. The van der Waals surface area contributed by atoms with Gasteiger partial charge in [0.1, 0.15) is 0 Å². The minimum absolute atomic E-state index is 0.524. The second-order valence-corrected chi connectivity index (χ2v) is 3.48. The summed E-state index contributed by atoms with van der Waals surface area (Å²) in [6.45, 7) is 0.524. The van der Waals surface area contributed by atoms with E-state index in [2.05, 4.69) is 21.4 Å². The van der Waals surface area contributed by atoms with E-state index < -0.39 is 0 Å². The zero-order valence-corrected chi connectivity index (χ0v) is 7.00. The van der Waals surface area contributed by atoms with Crippen molar-refractivity contribution in [2.24, 2.45) is 0 Å². The van der Waals surface area contributed by atoms with Gasteiger partial charge in [0, 0.05) is 14.7 Å². The van der Waals surface area contributed by atoms with E-state index in [9.17, 15) is 0 Å². The monoisotopic (exact) mass is 207 g/mol. The molecule has 0 radical (unpaired) electrons. The Morgan fingerprint density at radius 3 is 3.00 bits per heavy atom. The molecule has 9 heavy (non-hydrogen) atoms. The fourth-order valence-corrected chi connectivity index (χ4v) is 1.91. The van der Waals surface area contributed by atoms with Gasteiger partial charge in [0.15, 0.2) is 0 Å². The first kappa shape index (κ1) is 7.21. The molecule has 2 N–H and O–H groups in total. The Balaban J connectivity index is 2.61. The van der Waals surface area contributed by atoms with Crippen molar-refractivity contribution in [1.82, 2.24) is 5.48 Å². The van der Waals surface area contributed by atoms with Crippen LogP contribution in [-0.2, 0) is 6.54 Å². The second-order valence-electron chi connectivity index (χ2n) is 1.57. The highest BCUT2D eigenvalue weighted by atomic mass is 79.9. The van der Waals surface area contributed by atoms with Crippen LogP contribution < -0.4 is 5.48 Å². The Morgan fingerprint density at radius 1 is 1.78 bits per heavy atom. The lowest BCUT2D eigenvalue weighted by molar-refractivity contribution is 0.162. The summed E-state index contributed by atoms with van der Waals surface area (Å²) in [5, 5.41) is 10.2. The predicted molar refractivity (Wildman–Crippen MR) is 40.6 cm³/mol. The van der Waals surface area contributed by atoms with Gasteiger partial charge in [-0.3, -0.25) is 0 Å². The minimum atomic E-state index is 0.524. The van der Waals surface area contributed by atoms with Crippen molar-refractivity contribution in [3.63, 3.8) is 0 Å². The summed E-state index contributed by atoms with van der Waals surface area (Å²) in [6.07, 6.45) is 0. The fourth-order valence-electron chi connectivity index (χ4n) is 0.524. The Labute approximate surface area is 65.6 Å². The lowest BCUT2D eigenvalue weighted by Gasteiger charge is -1.88. The van der Waals surface area contributed by atoms with Crippen LogP contribution in [0, 0.1) is 0 Å². The highest BCUT2D eigenvalue weighted by molar-refractivity contribution is 9.10. The molecule has 0 bridgehead atoms. The first-order valence-corrected chi connectivity index (χ1v) is 4.10. The van der Waals surface area contributed by atoms with Crippen LogP contribution in [0.25, 0.3) is 0 Å². The average molecular weight is 208 g/mol. The van der Waals surface area contributed by atoms with Crippen LogP contribution >= 0.6 is 27.3 Å². The summed E-state index contributed by atoms with van der Waals surface area (Å²) in [4.78, 5) is 1.12.